The summed E-state index contributed by atoms with van der Waals surface area (Å²) in [4.78, 5) is 30.6. The number of epoxide rings is 1. The zero-order valence-corrected chi connectivity index (χ0v) is 22.1. The molecule has 2 N–H and O–H groups in total. The molecule has 1 aromatic heterocycles. The maximum atomic E-state index is 13.2. The fraction of sp³-hybridized carbons (Fsp3) is 0.808. The van der Waals surface area contributed by atoms with Gasteiger partial charge in [-0.05, 0) is 38.0 Å². The van der Waals surface area contributed by atoms with Gasteiger partial charge in [-0.1, -0.05) is 41.0 Å². The molecule has 8 atom stereocenters. The fourth-order valence-electron chi connectivity index (χ4n) is 5.07. The van der Waals surface area contributed by atoms with E-state index in [0.29, 0.717) is 12.8 Å². The van der Waals surface area contributed by atoms with E-state index in [1.807, 2.05) is 19.2 Å². The molecule has 34 heavy (non-hydrogen) atoms. The van der Waals surface area contributed by atoms with Gasteiger partial charge in [-0.3, -0.25) is 9.59 Å². The Morgan fingerprint density at radius 1 is 1.21 bits per heavy atom. The summed E-state index contributed by atoms with van der Waals surface area (Å²) < 4.78 is 11.8. The molecule has 7 nitrogen and oxygen atoms in total. The molecular weight excluding hydrogens is 454 g/mol. The third kappa shape index (κ3) is 6.65. The summed E-state index contributed by atoms with van der Waals surface area (Å²) in [7, 11) is 0. The molecule has 192 valence electrons. The number of ketones is 1. The minimum Gasteiger partial charge on any atom is -0.462 e. The summed E-state index contributed by atoms with van der Waals surface area (Å²) in [6.07, 6.45) is 1.43. The molecule has 3 heterocycles. The van der Waals surface area contributed by atoms with E-state index < -0.39 is 29.5 Å². The Morgan fingerprint density at radius 3 is 2.56 bits per heavy atom. The van der Waals surface area contributed by atoms with Crippen LogP contribution in [0.2, 0.25) is 0 Å². The molecule has 2 aliphatic heterocycles. The van der Waals surface area contributed by atoms with Gasteiger partial charge in [-0.15, -0.1) is 11.3 Å². The monoisotopic (exact) mass is 495 g/mol. The van der Waals surface area contributed by atoms with E-state index in [1.165, 1.54) is 0 Å². The SMILES string of the molecule is Cc1nc(CC(C)[C@@H]2C[C@@H]3O[C@@H]3CCC[C@H](C)[C@H](O)[C@@H](C)C(=O)C(C)(C)[C@@H](O)CC(=O)O2)cs1. The van der Waals surface area contributed by atoms with Crippen molar-refractivity contribution in [3.8, 4) is 0 Å². The molecule has 0 bridgehead atoms. The van der Waals surface area contributed by atoms with Crippen LogP contribution in [0.15, 0.2) is 5.38 Å². The Hall–Kier alpha value is -1.35. The van der Waals surface area contributed by atoms with E-state index >= 15 is 0 Å². The second-order valence-corrected chi connectivity index (χ2v) is 12.1. The van der Waals surface area contributed by atoms with Crippen molar-refractivity contribution < 1.29 is 29.3 Å². The predicted molar refractivity (Wildman–Crippen MR) is 130 cm³/mol. The lowest BCUT2D eigenvalue weighted by molar-refractivity contribution is -0.158. The van der Waals surface area contributed by atoms with Crippen molar-refractivity contribution in [1.29, 1.82) is 0 Å². The highest BCUT2D eigenvalue weighted by Gasteiger charge is 2.45. The highest BCUT2D eigenvalue weighted by Crippen LogP contribution is 2.36. The number of fused-ring (bicyclic) bond motifs is 1. The zero-order chi connectivity index (χ0) is 25.2. The second kappa shape index (κ2) is 11.1. The molecule has 0 aromatic carbocycles. The molecule has 3 rings (SSSR count). The Kier molecular flexibility index (Phi) is 8.93. The number of hydrogen-bond acceptors (Lipinski definition) is 8. The van der Waals surface area contributed by atoms with Gasteiger partial charge in [-0.25, -0.2) is 4.98 Å². The van der Waals surface area contributed by atoms with Crippen molar-refractivity contribution in [3.63, 3.8) is 0 Å². The van der Waals surface area contributed by atoms with Gasteiger partial charge >= 0.3 is 5.97 Å². The number of aryl methyl sites for hydroxylation is 1. The largest absolute Gasteiger partial charge is 0.462 e. The number of esters is 1. The van der Waals surface area contributed by atoms with Gasteiger partial charge in [0.1, 0.15) is 11.9 Å². The molecule has 1 aromatic rings. The van der Waals surface area contributed by atoms with Gasteiger partial charge in [0, 0.05) is 17.7 Å². The second-order valence-electron chi connectivity index (χ2n) is 11.0. The minimum absolute atomic E-state index is 0.0381. The molecule has 0 aliphatic carbocycles. The van der Waals surface area contributed by atoms with Gasteiger partial charge in [0.25, 0.3) is 0 Å². The number of carbonyl (C=O) groups is 2. The average Bonchev–Trinajstić information content (AvgIpc) is 3.38. The normalized spacial score (nSPS) is 36.4. The molecule has 0 spiro atoms. The summed E-state index contributed by atoms with van der Waals surface area (Å²) in [6.45, 7) is 11.0. The number of hydrogen-bond donors (Lipinski definition) is 2. The lowest BCUT2D eigenvalue weighted by atomic mass is 9.73. The lowest BCUT2D eigenvalue weighted by Crippen LogP contribution is -2.45. The van der Waals surface area contributed by atoms with Gasteiger partial charge in [0.2, 0.25) is 0 Å². The van der Waals surface area contributed by atoms with Crippen LogP contribution in [0.5, 0.6) is 0 Å². The number of aromatic nitrogens is 1. The summed E-state index contributed by atoms with van der Waals surface area (Å²) in [5.41, 5.74) is -0.195. The van der Waals surface area contributed by atoms with Crippen LogP contribution in [0.4, 0.5) is 0 Å². The van der Waals surface area contributed by atoms with E-state index in [4.69, 9.17) is 9.47 Å². The number of Topliss-reactive ketones (excluding diaryl/α,β-unsaturated/α-hetero) is 1. The first kappa shape index (κ1) is 27.2. The third-order valence-corrected chi connectivity index (χ3v) is 8.57. The van der Waals surface area contributed by atoms with Crippen molar-refractivity contribution >= 4 is 23.1 Å². The quantitative estimate of drug-likeness (QED) is 0.484. The van der Waals surface area contributed by atoms with Crippen molar-refractivity contribution in [2.24, 2.45) is 23.2 Å². The van der Waals surface area contributed by atoms with Crippen LogP contribution < -0.4 is 0 Å². The molecule has 0 amide bonds. The first-order valence-corrected chi connectivity index (χ1v) is 13.4. The maximum absolute atomic E-state index is 13.2. The molecule has 8 heteroatoms. The summed E-state index contributed by atoms with van der Waals surface area (Å²) >= 11 is 1.60. The minimum atomic E-state index is -1.20. The van der Waals surface area contributed by atoms with E-state index in [2.05, 4.69) is 11.9 Å². The van der Waals surface area contributed by atoms with Crippen molar-refractivity contribution in [2.45, 2.75) is 111 Å². The van der Waals surface area contributed by atoms with Gasteiger partial charge < -0.3 is 19.7 Å². The van der Waals surface area contributed by atoms with Crippen LogP contribution >= 0.6 is 11.3 Å². The van der Waals surface area contributed by atoms with E-state index in [-0.39, 0.29) is 42.4 Å². The third-order valence-electron chi connectivity index (χ3n) is 7.75. The number of rotatable bonds is 3. The molecule has 2 aliphatic rings. The Labute approximate surface area is 207 Å². The molecular formula is C26H41NO6S. The highest BCUT2D eigenvalue weighted by atomic mass is 32.1. The van der Waals surface area contributed by atoms with Crippen molar-refractivity contribution in [1.82, 2.24) is 4.98 Å². The van der Waals surface area contributed by atoms with Crippen LogP contribution in [0.25, 0.3) is 0 Å². The average molecular weight is 496 g/mol. The van der Waals surface area contributed by atoms with Crippen LogP contribution in [-0.2, 0) is 25.5 Å². The number of nitrogens with zero attached hydrogens (tertiary/aromatic N) is 1. The summed E-state index contributed by atoms with van der Waals surface area (Å²) in [5, 5.41) is 24.6. The lowest BCUT2D eigenvalue weighted by Gasteiger charge is -2.34. The molecule has 2 fully saturated rings. The maximum Gasteiger partial charge on any atom is 0.308 e. The molecule has 0 saturated carbocycles. The van der Waals surface area contributed by atoms with E-state index in [1.54, 1.807) is 32.1 Å². The molecule has 1 unspecified atom stereocenters. The first-order valence-electron chi connectivity index (χ1n) is 12.6. The first-order chi connectivity index (χ1) is 15.9. The van der Waals surface area contributed by atoms with E-state index in [0.717, 1.165) is 30.0 Å². The highest BCUT2D eigenvalue weighted by molar-refractivity contribution is 7.09. The van der Waals surface area contributed by atoms with Crippen LogP contribution in [0, 0.1) is 30.1 Å². The number of ether oxygens (including phenoxy) is 2. The Balaban J connectivity index is 1.76. The topological polar surface area (TPSA) is 109 Å². The zero-order valence-electron chi connectivity index (χ0n) is 21.3. The fourth-order valence-corrected chi connectivity index (χ4v) is 5.70. The number of aliphatic hydroxyl groups is 2. The Bertz CT molecular complexity index is 854. The van der Waals surface area contributed by atoms with Gasteiger partial charge in [0.05, 0.1) is 47.0 Å². The van der Waals surface area contributed by atoms with Gasteiger partial charge in [0.15, 0.2) is 0 Å². The van der Waals surface area contributed by atoms with Crippen LogP contribution in [-0.4, -0.2) is 57.5 Å². The predicted octanol–water partition coefficient (Wildman–Crippen LogP) is 3.86. The van der Waals surface area contributed by atoms with Crippen LogP contribution in [0.3, 0.4) is 0 Å². The van der Waals surface area contributed by atoms with Crippen molar-refractivity contribution in [3.05, 3.63) is 16.1 Å². The molecule has 2 saturated heterocycles. The van der Waals surface area contributed by atoms with Gasteiger partial charge in [-0.2, -0.15) is 0 Å². The number of carbonyl (C=O) groups excluding carboxylic acids is 2. The van der Waals surface area contributed by atoms with Crippen LogP contribution in [0.1, 0.15) is 77.4 Å². The number of thiazole rings is 1. The Morgan fingerprint density at radius 2 is 1.91 bits per heavy atom. The van der Waals surface area contributed by atoms with E-state index in [9.17, 15) is 19.8 Å². The molecule has 0 radical (unpaired) electrons. The number of cyclic esters (lactones) is 1. The van der Waals surface area contributed by atoms with Crippen molar-refractivity contribution in [2.75, 3.05) is 0 Å². The number of aliphatic hydroxyl groups excluding tert-OH is 2. The smallest absolute Gasteiger partial charge is 0.308 e. The summed E-state index contributed by atoms with van der Waals surface area (Å²) in [5.74, 6) is -1.41. The standard InChI is InChI=1S/C26H41NO6S/c1-14-8-7-9-19-21(32-19)11-20(15(2)10-18-13-34-17(4)27-18)33-23(29)12-22(28)26(5,6)25(31)16(3)24(14)30/h13-16,19-22,24,28,30H,7-12H2,1-6H3/t14-,15?,16+,19+,20-,21-,22-,24-/m0/s1. The summed E-state index contributed by atoms with van der Waals surface area (Å²) in [6, 6.07) is 0.